The zero-order valence-electron chi connectivity index (χ0n) is 15.5. The number of urea groups is 1. The van der Waals surface area contributed by atoms with Crippen molar-refractivity contribution in [2.75, 3.05) is 37.6 Å². The van der Waals surface area contributed by atoms with E-state index in [1.165, 1.54) is 23.1 Å². The van der Waals surface area contributed by atoms with E-state index in [0.29, 0.717) is 22.9 Å². The van der Waals surface area contributed by atoms with Gasteiger partial charge in [0.25, 0.3) is 0 Å². The summed E-state index contributed by atoms with van der Waals surface area (Å²) in [6.45, 7) is -0.193. The van der Waals surface area contributed by atoms with E-state index in [9.17, 15) is 18.8 Å². The monoisotopic (exact) mass is 402 g/mol. The fraction of sp³-hybridized carbons (Fsp3) is 0.211. The molecule has 1 aliphatic rings. The summed E-state index contributed by atoms with van der Waals surface area (Å²) in [4.78, 5) is 37.3. The summed E-state index contributed by atoms with van der Waals surface area (Å²) in [5.74, 6) is -0.410. The molecule has 0 radical (unpaired) electrons. The van der Waals surface area contributed by atoms with Crippen molar-refractivity contribution in [2.45, 2.75) is 0 Å². The van der Waals surface area contributed by atoms with Crippen LogP contribution in [0.5, 0.6) is 11.5 Å². The number of halogens is 1. The number of carbonyl (C=O) groups is 3. The number of ether oxygens (including phenoxy) is 2. The number of nitrogens with zero attached hydrogens (tertiary/aromatic N) is 1. The Morgan fingerprint density at radius 3 is 2.48 bits per heavy atom. The Labute approximate surface area is 165 Å². The van der Waals surface area contributed by atoms with Gasteiger partial charge in [0.1, 0.15) is 5.82 Å². The number of benzene rings is 2. The summed E-state index contributed by atoms with van der Waals surface area (Å²) in [6, 6.07) is 9.59. The first-order valence-corrected chi connectivity index (χ1v) is 8.63. The topological polar surface area (TPSA) is 109 Å². The Morgan fingerprint density at radius 2 is 1.69 bits per heavy atom. The fourth-order valence-corrected chi connectivity index (χ4v) is 2.62. The molecule has 0 spiro atoms. The van der Waals surface area contributed by atoms with Crippen molar-refractivity contribution in [2.24, 2.45) is 0 Å². The molecule has 0 bridgehead atoms. The smallest absolute Gasteiger partial charge is 0.325 e. The number of fused-ring (bicyclic) bond motifs is 1. The van der Waals surface area contributed by atoms with Gasteiger partial charge in [-0.3, -0.25) is 19.8 Å². The number of rotatable bonds is 6. The molecule has 0 atom stereocenters. The molecule has 1 heterocycles. The molecule has 0 unspecified atom stereocenters. The summed E-state index contributed by atoms with van der Waals surface area (Å²) >= 11 is 0. The predicted molar refractivity (Wildman–Crippen MR) is 102 cm³/mol. The summed E-state index contributed by atoms with van der Waals surface area (Å²) in [5, 5.41) is 7.22. The van der Waals surface area contributed by atoms with Crippen LogP contribution in [0.25, 0.3) is 0 Å². The van der Waals surface area contributed by atoms with Crippen LogP contribution in [0.2, 0.25) is 0 Å². The lowest BCUT2D eigenvalue weighted by Gasteiger charge is -2.16. The second-order valence-corrected chi connectivity index (χ2v) is 6.30. The Morgan fingerprint density at radius 1 is 0.966 bits per heavy atom. The van der Waals surface area contributed by atoms with Crippen LogP contribution in [-0.2, 0) is 9.59 Å². The second kappa shape index (κ2) is 9.02. The van der Waals surface area contributed by atoms with Crippen LogP contribution >= 0.6 is 0 Å². The van der Waals surface area contributed by atoms with Crippen molar-refractivity contribution in [1.29, 1.82) is 0 Å². The molecule has 0 aliphatic carbocycles. The van der Waals surface area contributed by atoms with Crippen molar-refractivity contribution < 1.29 is 28.2 Å². The third-order valence-electron chi connectivity index (χ3n) is 3.82. The van der Waals surface area contributed by atoms with E-state index in [1.54, 1.807) is 31.3 Å². The molecule has 2 aromatic rings. The Kier molecular flexibility index (Phi) is 6.25. The number of anilines is 2. The van der Waals surface area contributed by atoms with Gasteiger partial charge in [0.2, 0.25) is 18.6 Å². The quantitative estimate of drug-likeness (QED) is 0.680. The van der Waals surface area contributed by atoms with Crippen LogP contribution in [0.15, 0.2) is 42.5 Å². The minimum atomic E-state index is -0.716. The highest BCUT2D eigenvalue weighted by Gasteiger charge is 2.16. The largest absolute Gasteiger partial charge is 0.454 e. The van der Waals surface area contributed by atoms with Gasteiger partial charge in [0.15, 0.2) is 11.5 Å². The van der Waals surface area contributed by atoms with Gasteiger partial charge < -0.3 is 20.1 Å². The van der Waals surface area contributed by atoms with E-state index in [0.717, 1.165) is 0 Å². The zero-order valence-corrected chi connectivity index (χ0v) is 15.5. The molecule has 9 nitrogen and oxygen atoms in total. The molecule has 152 valence electrons. The van der Waals surface area contributed by atoms with Crippen LogP contribution in [-0.4, -0.2) is 49.7 Å². The number of hydrogen-bond donors (Lipinski definition) is 3. The van der Waals surface area contributed by atoms with Crippen molar-refractivity contribution in [1.82, 2.24) is 10.2 Å². The lowest BCUT2D eigenvalue weighted by molar-refractivity contribution is -0.121. The van der Waals surface area contributed by atoms with Gasteiger partial charge in [-0.2, -0.15) is 0 Å². The molecule has 1 aliphatic heterocycles. The van der Waals surface area contributed by atoms with Crippen LogP contribution in [0.1, 0.15) is 0 Å². The SMILES string of the molecule is CN(CC(=O)NC(=O)Nc1ccc2c(c1)OCO2)CC(=O)Nc1cccc(F)c1. The minimum Gasteiger partial charge on any atom is -0.454 e. The van der Waals surface area contributed by atoms with Gasteiger partial charge in [-0.1, -0.05) is 6.07 Å². The zero-order chi connectivity index (χ0) is 20.8. The maximum absolute atomic E-state index is 13.1. The molecular weight excluding hydrogens is 383 g/mol. The van der Waals surface area contributed by atoms with Crippen LogP contribution in [0.4, 0.5) is 20.6 Å². The number of likely N-dealkylation sites (N-methyl/N-ethyl adjacent to an activating group) is 1. The molecule has 0 fully saturated rings. The number of hydrogen-bond acceptors (Lipinski definition) is 6. The Hall–Kier alpha value is -3.66. The average Bonchev–Trinajstić information content (AvgIpc) is 3.08. The van der Waals surface area contributed by atoms with E-state index in [1.807, 2.05) is 0 Å². The lowest BCUT2D eigenvalue weighted by Crippen LogP contribution is -2.42. The minimum absolute atomic E-state index is 0.114. The van der Waals surface area contributed by atoms with Crippen LogP contribution < -0.4 is 25.4 Å². The number of amides is 4. The molecule has 2 aromatic carbocycles. The van der Waals surface area contributed by atoms with Gasteiger partial charge in [-0.15, -0.1) is 0 Å². The van der Waals surface area contributed by atoms with Gasteiger partial charge in [0, 0.05) is 17.4 Å². The lowest BCUT2D eigenvalue weighted by atomic mass is 10.3. The van der Waals surface area contributed by atoms with Gasteiger partial charge in [-0.25, -0.2) is 9.18 Å². The average molecular weight is 402 g/mol. The fourth-order valence-electron chi connectivity index (χ4n) is 2.62. The third-order valence-corrected chi connectivity index (χ3v) is 3.82. The van der Waals surface area contributed by atoms with Crippen LogP contribution in [0, 0.1) is 5.82 Å². The van der Waals surface area contributed by atoms with Crippen molar-refractivity contribution in [3.8, 4) is 11.5 Å². The molecular formula is C19H19FN4O5. The highest BCUT2D eigenvalue weighted by molar-refractivity contribution is 6.02. The first-order chi connectivity index (χ1) is 13.9. The summed E-state index contributed by atoms with van der Waals surface area (Å²) in [7, 11) is 1.54. The second-order valence-electron chi connectivity index (χ2n) is 6.30. The van der Waals surface area contributed by atoms with E-state index in [4.69, 9.17) is 9.47 Å². The molecule has 0 aromatic heterocycles. The van der Waals surface area contributed by atoms with Crippen molar-refractivity contribution in [3.05, 3.63) is 48.3 Å². The van der Waals surface area contributed by atoms with Crippen molar-refractivity contribution in [3.63, 3.8) is 0 Å². The maximum atomic E-state index is 13.1. The third kappa shape index (κ3) is 5.91. The molecule has 29 heavy (non-hydrogen) atoms. The van der Waals surface area contributed by atoms with Gasteiger partial charge >= 0.3 is 6.03 Å². The molecule has 4 amide bonds. The normalized spacial score (nSPS) is 11.8. The summed E-state index contributed by atoms with van der Waals surface area (Å²) < 4.78 is 23.5. The molecule has 0 saturated carbocycles. The van der Waals surface area contributed by atoms with Gasteiger partial charge in [0.05, 0.1) is 13.1 Å². The number of imide groups is 1. The summed E-state index contributed by atoms with van der Waals surface area (Å²) in [6.07, 6.45) is 0. The number of carbonyl (C=O) groups excluding carboxylic acids is 3. The Balaban J connectivity index is 1.42. The molecule has 10 heteroatoms. The number of nitrogens with one attached hydrogen (secondary N) is 3. The standard InChI is InChI=1S/C19H19FN4O5/c1-24(9-17(25)21-13-4-2-3-12(20)7-13)10-18(26)23-19(27)22-14-5-6-15-16(8-14)29-11-28-15/h2-8H,9-11H2,1H3,(H,21,25)(H2,22,23,26,27). The Bertz CT molecular complexity index is 937. The van der Waals surface area contributed by atoms with E-state index < -0.39 is 23.7 Å². The highest BCUT2D eigenvalue weighted by Crippen LogP contribution is 2.34. The van der Waals surface area contributed by atoms with E-state index in [-0.39, 0.29) is 19.9 Å². The molecule has 3 N–H and O–H groups in total. The maximum Gasteiger partial charge on any atom is 0.325 e. The highest BCUT2D eigenvalue weighted by atomic mass is 19.1. The molecule has 0 saturated heterocycles. The first-order valence-electron chi connectivity index (χ1n) is 8.63. The predicted octanol–water partition coefficient (Wildman–Crippen LogP) is 1.77. The van der Waals surface area contributed by atoms with Crippen LogP contribution in [0.3, 0.4) is 0 Å². The van der Waals surface area contributed by atoms with E-state index >= 15 is 0 Å². The van der Waals surface area contributed by atoms with E-state index in [2.05, 4.69) is 16.0 Å². The van der Waals surface area contributed by atoms with Crippen molar-refractivity contribution >= 4 is 29.2 Å². The van der Waals surface area contributed by atoms with Gasteiger partial charge in [-0.05, 0) is 37.4 Å². The first kappa shape index (κ1) is 20.1. The molecule has 3 rings (SSSR count). The summed E-state index contributed by atoms with van der Waals surface area (Å²) in [5.41, 5.74) is 0.748.